The van der Waals surface area contributed by atoms with E-state index in [4.69, 9.17) is 24.0 Å². The van der Waals surface area contributed by atoms with Crippen LogP contribution in [0, 0.1) is 5.82 Å². The molecule has 2 saturated heterocycles. The van der Waals surface area contributed by atoms with Gasteiger partial charge in [0.25, 0.3) is 0 Å². The molecule has 1 aromatic carbocycles. The summed E-state index contributed by atoms with van der Waals surface area (Å²) in [5, 5.41) is 22.4. The molecule has 2 aromatic heterocycles. The number of hydrogen-bond acceptors (Lipinski definition) is 10. The van der Waals surface area contributed by atoms with E-state index >= 15 is 0 Å². The van der Waals surface area contributed by atoms with Crippen LogP contribution in [0.3, 0.4) is 0 Å². The Hall–Kier alpha value is -1.96. The fraction of sp³-hybridized carbons (Fsp3) is 0.429. The van der Waals surface area contributed by atoms with E-state index in [1.807, 2.05) is 0 Å². The second-order valence-corrected chi connectivity index (χ2v) is 11.0. The summed E-state index contributed by atoms with van der Waals surface area (Å²) in [5.74, 6) is -0.168. The molecule has 0 aliphatic carbocycles. The van der Waals surface area contributed by atoms with Crippen molar-refractivity contribution in [3.8, 4) is 0 Å². The van der Waals surface area contributed by atoms with Gasteiger partial charge in [-0.3, -0.25) is 13.6 Å². The van der Waals surface area contributed by atoms with Crippen LogP contribution < -0.4 is 5.73 Å². The summed E-state index contributed by atoms with van der Waals surface area (Å²) in [6.07, 6.45) is -0.866. The van der Waals surface area contributed by atoms with Crippen molar-refractivity contribution in [2.24, 2.45) is 0 Å². The summed E-state index contributed by atoms with van der Waals surface area (Å²) < 4.78 is 50.8. The normalized spacial score (nSPS) is 33.4. The van der Waals surface area contributed by atoms with E-state index in [-0.39, 0.29) is 23.5 Å². The van der Waals surface area contributed by atoms with Gasteiger partial charge in [-0.25, -0.2) is 18.9 Å². The Labute approximate surface area is 207 Å². The van der Waals surface area contributed by atoms with Gasteiger partial charge in [0.2, 0.25) is 0 Å². The Bertz CT molecular complexity index is 1310. The molecule has 4 heterocycles. The van der Waals surface area contributed by atoms with E-state index in [1.54, 1.807) is 18.3 Å². The number of nitrogens with two attached hydrogens (primary N) is 1. The van der Waals surface area contributed by atoms with Crippen molar-refractivity contribution >= 4 is 40.6 Å². The Kier molecular flexibility index (Phi) is 6.47. The predicted octanol–water partition coefficient (Wildman–Crippen LogP) is 3.23. The summed E-state index contributed by atoms with van der Waals surface area (Å²) >= 11 is 3.13. The lowest BCUT2D eigenvalue weighted by Gasteiger charge is -2.30. The monoisotopic (exact) mass is 572 g/mol. The van der Waals surface area contributed by atoms with E-state index in [0.29, 0.717) is 23.0 Å². The molecule has 0 spiro atoms. The van der Waals surface area contributed by atoms with Crippen LogP contribution in [-0.4, -0.2) is 55.8 Å². The standard InChI is InChI=1S/C21H23BrFN4O7P/c1-21(29)17(28)16(33-20(21)27-6-4-12-18(24)25-10-26-19(12)27)9-32-35(30)31-7-5-15(34-35)11-2-3-14(23)13(22)8-11/h2-4,6,8,10,15-17,20,28-29H,5,7,9H2,1H3,(H2,24,25,26)/t15-,16+,17+,20+,21+,35+/m0/s1. The third-order valence-corrected chi connectivity index (χ3v) is 8.23. The highest BCUT2D eigenvalue weighted by Crippen LogP contribution is 2.57. The second kappa shape index (κ2) is 9.16. The van der Waals surface area contributed by atoms with Crippen molar-refractivity contribution in [2.75, 3.05) is 18.9 Å². The van der Waals surface area contributed by atoms with Gasteiger partial charge >= 0.3 is 7.82 Å². The first kappa shape index (κ1) is 24.7. The molecule has 14 heteroatoms. The average Bonchev–Trinajstić information content (AvgIpc) is 3.34. The molecule has 0 unspecified atom stereocenters. The van der Waals surface area contributed by atoms with Gasteiger partial charge in [-0.2, -0.15) is 0 Å². The first-order valence-corrected chi connectivity index (χ1v) is 13.0. The number of ether oxygens (including phenoxy) is 1. The van der Waals surface area contributed by atoms with E-state index in [2.05, 4.69) is 25.9 Å². The second-order valence-electron chi connectivity index (χ2n) is 8.55. The van der Waals surface area contributed by atoms with Crippen molar-refractivity contribution in [3.63, 3.8) is 0 Å². The number of hydrogen-bond donors (Lipinski definition) is 3. The number of phosphoric acid groups is 1. The minimum absolute atomic E-state index is 0.0852. The molecule has 2 aliphatic rings. The van der Waals surface area contributed by atoms with Gasteiger partial charge in [0.05, 0.1) is 29.2 Å². The summed E-state index contributed by atoms with van der Waals surface area (Å²) in [6, 6.07) is 6.03. The average molecular weight is 573 g/mol. The number of aromatic nitrogens is 3. The van der Waals surface area contributed by atoms with Gasteiger partial charge in [0.1, 0.15) is 41.4 Å². The zero-order chi connectivity index (χ0) is 25.0. The van der Waals surface area contributed by atoms with Crippen molar-refractivity contribution < 1.29 is 37.5 Å². The van der Waals surface area contributed by atoms with E-state index in [1.165, 1.54) is 30.0 Å². The number of aliphatic hydroxyl groups is 2. The maximum absolute atomic E-state index is 13.6. The molecule has 188 valence electrons. The van der Waals surface area contributed by atoms with E-state index in [0.717, 1.165) is 0 Å². The maximum atomic E-state index is 13.6. The smallest absolute Gasteiger partial charge is 0.387 e. The van der Waals surface area contributed by atoms with Crippen molar-refractivity contribution in [1.82, 2.24) is 14.5 Å². The molecular formula is C21H23BrFN4O7P. The lowest BCUT2D eigenvalue weighted by atomic mass is 9.96. The number of benzene rings is 1. The Morgan fingerprint density at radius 1 is 1.40 bits per heavy atom. The number of aliphatic hydroxyl groups excluding tert-OH is 1. The topological polar surface area (TPSA) is 151 Å². The van der Waals surface area contributed by atoms with Crippen LogP contribution in [0.4, 0.5) is 10.2 Å². The van der Waals surface area contributed by atoms with Crippen LogP contribution in [0.15, 0.2) is 41.3 Å². The number of rotatable bonds is 5. The highest BCUT2D eigenvalue weighted by molar-refractivity contribution is 9.10. The van der Waals surface area contributed by atoms with Gasteiger partial charge in [0.15, 0.2) is 6.23 Å². The lowest BCUT2D eigenvalue weighted by molar-refractivity contribution is -0.0950. The molecule has 4 N–H and O–H groups in total. The molecule has 2 aliphatic heterocycles. The zero-order valence-electron chi connectivity index (χ0n) is 18.5. The highest BCUT2D eigenvalue weighted by atomic mass is 79.9. The molecule has 3 aromatic rings. The van der Waals surface area contributed by atoms with Crippen LogP contribution in [0.25, 0.3) is 11.0 Å². The zero-order valence-corrected chi connectivity index (χ0v) is 20.9. The van der Waals surface area contributed by atoms with Gasteiger partial charge in [-0.1, -0.05) is 6.07 Å². The van der Waals surface area contributed by atoms with Gasteiger partial charge in [0, 0.05) is 12.6 Å². The molecule has 0 amide bonds. The number of phosphoric ester groups is 1. The summed E-state index contributed by atoms with van der Waals surface area (Å²) in [6.45, 7) is 1.11. The summed E-state index contributed by atoms with van der Waals surface area (Å²) in [5.41, 5.74) is 5.16. The largest absolute Gasteiger partial charge is 0.475 e. The molecule has 11 nitrogen and oxygen atoms in total. The Balaban J connectivity index is 1.30. The number of fused-ring (bicyclic) bond motifs is 1. The minimum Gasteiger partial charge on any atom is -0.387 e. The highest BCUT2D eigenvalue weighted by Gasteiger charge is 2.54. The number of nitrogens with zero attached hydrogens (tertiary/aromatic N) is 3. The van der Waals surface area contributed by atoms with Crippen LogP contribution >= 0.6 is 23.8 Å². The number of nitrogen functional groups attached to an aromatic ring is 1. The Morgan fingerprint density at radius 3 is 2.97 bits per heavy atom. The van der Waals surface area contributed by atoms with Gasteiger partial charge < -0.3 is 25.3 Å². The first-order chi connectivity index (χ1) is 16.6. The van der Waals surface area contributed by atoms with Gasteiger partial charge in [-0.15, -0.1) is 0 Å². The lowest BCUT2D eigenvalue weighted by Crippen LogP contribution is -2.44. The van der Waals surface area contributed by atoms with Crippen LogP contribution in [0.1, 0.15) is 31.2 Å². The predicted molar refractivity (Wildman–Crippen MR) is 125 cm³/mol. The number of halogens is 2. The third kappa shape index (κ3) is 4.51. The van der Waals surface area contributed by atoms with E-state index in [9.17, 15) is 19.2 Å². The minimum atomic E-state index is -4.03. The fourth-order valence-electron chi connectivity index (χ4n) is 4.24. The number of anilines is 1. The van der Waals surface area contributed by atoms with Crippen LogP contribution in [-0.2, 0) is 22.9 Å². The maximum Gasteiger partial charge on any atom is 0.475 e. The molecular weight excluding hydrogens is 550 g/mol. The molecule has 0 saturated carbocycles. The summed E-state index contributed by atoms with van der Waals surface area (Å²) in [4.78, 5) is 8.14. The first-order valence-electron chi connectivity index (χ1n) is 10.7. The van der Waals surface area contributed by atoms with Crippen molar-refractivity contribution in [2.45, 2.75) is 43.5 Å². The van der Waals surface area contributed by atoms with Crippen molar-refractivity contribution in [3.05, 3.63) is 52.6 Å². The third-order valence-electron chi connectivity index (χ3n) is 6.15. The van der Waals surface area contributed by atoms with Gasteiger partial charge in [-0.05, 0) is 46.6 Å². The molecule has 0 radical (unpaired) electrons. The Morgan fingerprint density at radius 2 is 2.20 bits per heavy atom. The van der Waals surface area contributed by atoms with Crippen LogP contribution in [0.2, 0.25) is 0 Å². The summed E-state index contributed by atoms with van der Waals surface area (Å²) in [7, 11) is -4.03. The molecule has 0 bridgehead atoms. The van der Waals surface area contributed by atoms with Crippen LogP contribution in [0.5, 0.6) is 0 Å². The quantitative estimate of drug-likeness (QED) is 0.388. The van der Waals surface area contributed by atoms with Crippen molar-refractivity contribution in [1.29, 1.82) is 0 Å². The fourth-order valence-corrected chi connectivity index (χ4v) is 6.03. The molecule has 35 heavy (non-hydrogen) atoms. The molecule has 2 fully saturated rings. The molecule has 6 atom stereocenters. The SMILES string of the molecule is C[C@@]1(O)[C@H](O)[C@@H](CO[P@@]2(=O)OCC[C@@H](c3ccc(F)c(Br)c3)O2)O[C@H]1n1ccc2c(N)ncnc21. The molecule has 5 rings (SSSR count). The van der Waals surface area contributed by atoms with E-state index < -0.39 is 43.8 Å².